The van der Waals surface area contributed by atoms with Gasteiger partial charge in [0.15, 0.2) is 0 Å². The highest BCUT2D eigenvalue weighted by atomic mass is 35.5. The Bertz CT molecular complexity index is 531. The van der Waals surface area contributed by atoms with Crippen molar-refractivity contribution in [2.45, 2.75) is 19.9 Å². The average molecular weight is 300 g/mol. The van der Waals surface area contributed by atoms with E-state index in [2.05, 4.69) is 5.32 Å². The second-order valence-corrected chi connectivity index (χ2v) is 5.72. The van der Waals surface area contributed by atoms with Gasteiger partial charge in [0.2, 0.25) is 0 Å². The molecule has 0 spiro atoms. The number of amides is 2. The lowest BCUT2D eigenvalue weighted by Gasteiger charge is -2.25. The molecule has 2 N–H and O–H groups in total. The number of carbonyl (C=O) groups excluding carboxylic acids is 1. The van der Waals surface area contributed by atoms with Crippen LogP contribution < -0.4 is 5.32 Å². The van der Waals surface area contributed by atoms with Crippen LogP contribution in [0, 0.1) is 11.3 Å². The number of benzene rings is 1. The number of hydrogen-bond acceptors (Lipinski definition) is 2. The van der Waals surface area contributed by atoms with Crippen LogP contribution in [-0.4, -0.2) is 23.3 Å². The molecule has 102 valence electrons. The molecule has 0 bridgehead atoms. The molecule has 0 saturated carbocycles. The van der Waals surface area contributed by atoms with Crippen molar-refractivity contribution in [1.29, 1.82) is 5.41 Å². The molecule has 0 aliphatic carbocycles. The van der Waals surface area contributed by atoms with Crippen LogP contribution in [0.4, 0.5) is 4.79 Å². The van der Waals surface area contributed by atoms with Gasteiger partial charge in [0.25, 0.3) is 0 Å². The molecule has 1 aliphatic rings. The fourth-order valence-electron chi connectivity index (χ4n) is 2.17. The number of rotatable bonds is 3. The number of nitrogens with zero attached hydrogens (tertiary/aromatic N) is 1. The van der Waals surface area contributed by atoms with Gasteiger partial charge in [0.05, 0.1) is 10.0 Å². The Labute approximate surface area is 122 Å². The first kappa shape index (κ1) is 14.2. The molecule has 19 heavy (non-hydrogen) atoms. The largest absolute Gasteiger partial charge is 0.323 e. The molecule has 2 rings (SSSR count). The molecule has 4 nitrogen and oxygen atoms in total. The quantitative estimate of drug-likeness (QED) is 0.878. The minimum Gasteiger partial charge on any atom is -0.310 e. The van der Waals surface area contributed by atoms with E-state index in [1.165, 1.54) is 0 Å². The Morgan fingerprint density at radius 1 is 1.42 bits per heavy atom. The van der Waals surface area contributed by atoms with E-state index in [4.69, 9.17) is 28.6 Å². The molecule has 1 unspecified atom stereocenters. The molecule has 1 heterocycles. The maximum atomic E-state index is 11.9. The van der Waals surface area contributed by atoms with Crippen molar-refractivity contribution in [2.24, 2.45) is 5.92 Å². The van der Waals surface area contributed by atoms with Gasteiger partial charge in [-0.2, -0.15) is 0 Å². The lowest BCUT2D eigenvalue weighted by atomic mass is 10.0. The highest BCUT2D eigenvalue weighted by Gasteiger charge is 2.38. The zero-order valence-corrected chi connectivity index (χ0v) is 12.2. The maximum absolute atomic E-state index is 11.9. The normalized spacial score (nSPS) is 19.2. The predicted octanol–water partition coefficient (Wildman–Crippen LogP) is 3.69. The minimum absolute atomic E-state index is 0.134. The first-order valence-corrected chi connectivity index (χ1v) is 6.77. The van der Waals surface area contributed by atoms with Crippen molar-refractivity contribution in [2.75, 3.05) is 6.54 Å². The summed E-state index contributed by atoms with van der Waals surface area (Å²) < 4.78 is 0. The summed E-state index contributed by atoms with van der Waals surface area (Å²) in [5.41, 5.74) is 0.679. The first-order chi connectivity index (χ1) is 8.91. The SMILES string of the molecule is CC(C)CN1C(=O)NC(=N)C1c1cccc(Cl)c1Cl. The third-order valence-electron chi connectivity index (χ3n) is 2.93. The van der Waals surface area contributed by atoms with Crippen molar-refractivity contribution in [1.82, 2.24) is 10.2 Å². The van der Waals surface area contributed by atoms with E-state index in [0.29, 0.717) is 28.1 Å². The van der Waals surface area contributed by atoms with E-state index in [9.17, 15) is 4.79 Å². The molecule has 1 atom stereocenters. The summed E-state index contributed by atoms with van der Waals surface area (Å²) in [6, 6.07) is 4.50. The van der Waals surface area contributed by atoms with E-state index in [-0.39, 0.29) is 11.9 Å². The van der Waals surface area contributed by atoms with Crippen LogP contribution in [0.15, 0.2) is 18.2 Å². The molecule has 6 heteroatoms. The summed E-state index contributed by atoms with van der Waals surface area (Å²) in [5.74, 6) is 0.437. The zero-order chi connectivity index (χ0) is 14.2. The van der Waals surface area contributed by atoms with E-state index >= 15 is 0 Å². The predicted molar refractivity (Wildman–Crippen MR) is 77.0 cm³/mol. The van der Waals surface area contributed by atoms with Crippen LogP contribution in [0.5, 0.6) is 0 Å². The summed E-state index contributed by atoms with van der Waals surface area (Å²) in [7, 11) is 0. The monoisotopic (exact) mass is 299 g/mol. The minimum atomic E-state index is -0.485. The van der Waals surface area contributed by atoms with E-state index in [1.54, 1.807) is 23.1 Å². The molecule has 2 amide bonds. The summed E-state index contributed by atoms with van der Waals surface area (Å²) in [5, 5.41) is 11.3. The summed E-state index contributed by atoms with van der Waals surface area (Å²) in [6.07, 6.45) is 0. The Morgan fingerprint density at radius 3 is 2.74 bits per heavy atom. The van der Waals surface area contributed by atoms with Crippen LogP contribution >= 0.6 is 23.2 Å². The molecule has 1 saturated heterocycles. The Hall–Kier alpha value is -1.26. The van der Waals surface area contributed by atoms with Gasteiger partial charge in [-0.3, -0.25) is 10.7 Å². The smallest absolute Gasteiger partial charge is 0.310 e. The number of nitrogens with one attached hydrogen (secondary N) is 2. The molecular weight excluding hydrogens is 285 g/mol. The second kappa shape index (κ2) is 5.39. The van der Waals surface area contributed by atoms with Crippen LogP contribution in [0.3, 0.4) is 0 Å². The number of halogens is 2. The molecule has 1 aromatic rings. The lowest BCUT2D eigenvalue weighted by Crippen LogP contribution is -2.33. The van der Waals surface area contributed by atoms with Gasteiger partial charge in [0, 0.05) is 12.1 Å². The van der Waals surface area contributed by atoms with Gasteiger partial charge in [-0.15, -0.1) is 0 Å². The fraction of sp³-hybridized carbons (Fsp3) is 0.385. The van der Waals surface area contributed by atoms with Crippen molar-refractivity contribution in [3.8, 4) is 0 Å². The molecule has 0 radical (unpaired) electrons. The maximum Gasteiger partial charge on any atom is 0.323 e. The molecule has 1 aliphatic heterocycles. The van der Waals surface area contributed by atoms with Crippen molar-refractivity contribution in [3.63, 3.8) is 0 Å². The van der Waals surface area contributed by atoms with E-state index < -0.39 is 6.04 Å². The lowest BCUT2D eigenvalue weighted by molar-refractivity contribution is 0.198. The van der Waals surface area contributed by atoms with Crippen molar-refractivity contribution >= 4 is 35.1 Å². The van der Waals surface area contributed by atoms with Gasteiger partial charge < -0.3 is 4.90 Å². The fourth-order valence-corrected chi connectivity index (χ4v) is 2.58. The Balaban J connectivity index is 2.42. The third kappa shape index (κ3) is 2.69. The number of carbonyl (C=O) groups is 1. The standard InChI is InChI=1S/C13H15Cl2N3O/c1-7(2)6-18-11(12(16)17-13(18)19)8-4-3-5-9(14)10(8)15/h3-5,7,11H,6H2,1-2H3,(H2,16,17,19). The van der Waals surface area contributed by atoms with Gasteiger partial charge in [-0.25, -0.2) is 4.79 Å². The topological polar surface area (TPSA) is 56.2 Å². The molecule has 0 aromatic heterocycles. The van der Waals surface area contributed by atoms with Gasteiger partial charge in [0.1, 0.15) is 11.9 Å². The van der Waals surface area contributed by atoms with Gasteiger partial charge in [-0.1, -0.05) is 49.2 Å². The van der Waals surface area contributed by atoms with E-state index in [0.717, 1.165) is 0 Å². The van der Waals surface area contributed by atoms with Crippen LogP contribution in [0.2, 0.25) is 10.0 Å². The summed E-state index contributed by atoms with van der Waals surface area (Å²) in [4.78, 5) is 13.5. The molecule has 1 fully saturated rings. The van der Waals surface area contributed by atoms with Crippen LogP contribution in [-0.2, 0) is 0 Å². The average Bonchev–Trinajstić information content (AvgIpc) is 2.58. The van der Waals surface area contributed by atoms with E-state index in [1.807, 2.05) is 13.8 Å². The summed E-state index contributed by atoms with van der Waals surface area (Å²) in [6.45, 7) is 4.60. The van der Waals surface area contributed by atoms with Crippen molar-refractivity contribution in [3.05, 3.63) is 33.8 Å². The van der Waals surface area contributed by atoms with Crippen LogP contribution in [0.25, 0.3) is 0 Å². The van der Waals surface area contributed by atoms with Crippen LogP contribution in [0.1, 0.15) is 25.5 Å². The molecule has 1 aromatic carbocycles. The number of amidine groups is 1. The zero-order valence-electron chi connectivity index (χ0n) is 10.7. The second-order valence-electron chi connectivity index (χ2n) is 4.94. The Morgan fingerprint density at radius 2 is 2.11 bits per heavy atom. The third-order valence-corrected chi connectivity index (χ3v) is 3.76. The van der Waals surface area contributed by atoms with Gasteiger partial charge >= 0.3 is 6.03 Å². The first-order valence-electron chi connectivity index (χ1n) is 6.01. The summed E-state index contributed by atoms with van der Waals surface area (Å²) >= 11 is 12.2. The number of hydrogen-bond donors (Lipinski definition) is 2. The number of urea groups is 1. The highest BCUT2D eigenvalue weighted by molar-refractivity contribution is 6.42. The molecular formula is C13H15Cl2N3O. The Kier molecular flexibility index (Phi) is 4.02. The highest BCUT2D eigenvalue weighted by Crippen LogP contribution is 2.35. The van der Waals surface area contributed by atoms with Gasteiger partial charge in [-0.05, 0) is 12.0 Å². The van der Waals surface area contributed by atoms with Crippen molar-refractivity contribution < 1.29 is 4.79 Å².